The van der Waals surface area contributed by atoms with Gasteiger partial charge in [0.2, 0.25) is 0 Å². The fourth-order valence-corrected chi connectivity index (χ4v) is 1.82. The fourth-order valence-electron chi connectivity index (χ4n) is 1.59. The number of halogens is 1. The van der Waals surface area contributed by atoms with Gasteiger partial charge in [0.15, 0.2) is 0 Å². The van der Waals surface area contributed by atoms with Gasteiger partial charge in [-0.3, -0.25) is 10.1 Å². The molecular formula is C12H11ClN2O3. The Labute approximate surface area is 109 Å². The number of nitrogens with one attached hydrogen (secondary N) is 1. The Morgan fingerprint density at radius 3 is 2.89 bits per heavy atom. The Hall–Kier alpha value is -2.01. The summed E-state index contributed by atoms with van der Waals surface area (Å²) in [5, 5.41) is 14.0. The maximum Gasteiger partial charge on any atom is 0.288 e. The van der Waals surface area contributed by atoms with E-state index in [0.29, 0.717) is 6.54 Å². The molecule has 5 nitrogen and oxygen atoms in total. The molecule has 18 heavy (non-hydrogen) atoms. The quantitative estimate of drug-likeness (QED) is 0.676. The molecule has 0 unspecified atom stereocenters. The molecule has 1 aromatic heterocycles. The van der Waals surface area contributed by atoms with Gasteiger partial charge in [-0.2, -0.15) is 0 Å². The minimum Gasteiger partial charge on any atom is -0.467 e. The predicted molar refractivity (Wildman–Crippen MR) is 68.9 cm³/mol. The molecule has 2 rings (SSSR count). The van der Waals surface area contributed by atoms with Crippen LogP contribution in [0.5, 0.6) is 0 Å². The number of anilines is 1. The van der Waals surface area contributed by atoms with Gasteiger partial charge in [-0.05, 0) is 30.7 Å². The van der Waals surface area contributed by atoms with Crippen LogP contribution < -0.4 is 5.32 Å². The molecule has 1 N–H and O–H groups in total. The van der Waals surface area contributed by atoms with Gasteiger partial charge in [0.1, 0.15) is 10.8 Å². The Morgan fingerprint density at radius 2 is 2.28 bits per heavy atom. The Bertz CT molecular complexity index is 567. The van der Waals surface area contributed by atoms with Crippen molar-refractivity contribution >= 4 is 23.0 Å². The summed E-state index contributed by atoms with van der Waals surface area (Å²) < 4.78 is 5.18. The molecule has 0 saturated heterocycles. The van der Waals surface area contributed by atoms with Crippen molar-refractivity contribution in [3.8, 4) is 0 Å². The number of nitro benzene ring substituents is 1. The van der Waals surface area contributed by atoms with E-state index in [1.807, 2.05) is 6.07 Å². The summed E-state index contributed by atoms with van der Waals surface area (Å²) in [7, 11) is 0. The number of hydrogen-bond donors (Lipinski definition) is 1. The minimum absolute atomic E-state index is 0.0854. The Morgan fingerprint density at radius 1 is 1.50 bits per heavy atom. The lowest BCUT2D eigenvalue weighted by Gasteiger charge is -2.08. The van der Waals surface area contributed by atoms with Gasteiger partial charge in [-0.1, -0.05) is 11.6 Å². The number of aryl methyl sites for hydroxylation is 1. The molecule has 6 heteroatoms. The summed E-state index contributed by atoms with van der Waals surface area (Å²) in [5.74, 6) is 0.781. The molecule has 0 radical (unpaired) electrons. The molecule has 94 valence electrons. The largest absolute Gasteiger partial charge is 0.467 e. The van der Waals surface area contributed by atoms with Crippen molar-refractivity contribution in [1.29, 1.82) is 0 Å². The average Bonchev–Trinajstić information content (AvgIpc) is 2.82. The summed E-state index contributed by atoms with van der Waals surface area (Å²) in [4.78, 5) is 10.2. The van der Waals surface area contributed by atoms with Crippen LogP contribution in [0.3, 0.4) is 0 Å². The zero-order chi connectivity index (χ0) is 13.1. The van der Waals surface area contributed by atoms with E-state index in [1.165, 1.54) is 6.07 Å². The molecule has 0 fully saturated rings. The first-order valence-corrected chi connectivity index (χ1v) is 5.66. The molecule has 0 aliphatic heterocycles. The summed E-state index contributed by atoms with van der Waals surface area (Å²) in [6.45, 7) is 2.29. The van der Waals surface area contributed by atoms with Crippen molar-refractivity contribution in [1.82, 2.24) is 0 Å². The van der Waals surface area contributed by atoms with E-state index in [0.717, 1.165) is 17.0 Å². The van der Waals surface area contributed by atoms with Crippen molar-refractivity contribution in [3.05, 3.63) is 57.0 Å². The second kappa shape index (κ2) is 5.10. The molecule has 0 bridgehead atoms. The third-order valence-corrected chi connectivity index (χ3v) is 2.83. The summed E-state index contributed by atoms with van der Waals surface area (Å²) in [5.41, 5.74) is 1.43. The molecule has 2 aromatic rings. The Kier molecular flexibility index (Phi) is 3.53. The molecular weight excluding hydrogens is 256 g/mol. The maximum absolute atomic E-state index is 10.7. The lowest BCUT2D eigenvalue weighted by molar-refractivity contribution is -0.384. The SMILES string of the molecule is Cc1cc([N+](=O)[O-])c(Cl)cc1NCc1ccco1. The first-order valence-electron chi connectivity index (χ1n) is 5.28. The summed E-state index contributed by atoms with van der Waals surface area (Å²) in [6, 6.07) is 6.65. The molecule has 0 aliphatic rings. The number of hydrogen-bond acceptors (Lipinski definition) is 4. The topological polar surface area (TPSA) is 68.3 Å². The average molecular weight is 267 g/mol. The van der Waals surface area contributed by atoms with Gasteiger partial charge in [0.25, 0.3) is 5.69 Å². The number of furan rings is 1. The minimum atomic E-state index is -0.494. The van der Waals surface area contributed by atoms with Crippen molar-refractivity contribution in [2.24, 2.45) is 0 Å². The van der Waals surface area contributed by atoms with E-state index in [1.54, 1.807) is 25.3 Å². The van der Waals surface area contributed by atoms with Gasteiger partial charge in [0, 0.05) is 11.8 Å². The zero-order valence-corrected chi connectivity index (χ0v) is 10.4. The number of nitrogens with zero attached hydrogens (tertiary/aromatic N) is 1. The first kappa shape index (κ1) is 12.4. The van der Waals surface area contributed by atoms with Gasteiger partial charge < -0.3 is 9.73 Å². The lowest BCUT2D eigenvalue weighted by Crippen LogP contribution is -2.01. The fraction of sp³-hybridized carbons (Fsp3) is 0.167. The summed E-state index contributed by atoms with van der Waals surface area (Å²) >= 11 is 5.85. The van der Waals surface area contributed by atoms with Crippen LogP contribution >= 0.6 is 11.6 Å². The van der Waals surface area contributed by atoms with E-state index in [2.05, 4.69) is 5.32 Å². The third-order valence-electron chi connectivity index (χ3n) is 2.52. The van der Waals surface area contributed by atoms with Crippen molar-refractivity contribution in [3.63, 3.8) is 0 Å². The highest BCUT2D eigenvalue weighted by molar-refractivity contribution is 6.33. The van der Waals surface area contributed by atoms with E-state index < -0.39 is 4.92 Å². The highest BCUT2D eigenvalue weighted by atomic mass is 35.5. The molecule has 1 heterocycles. The van der Waals surface area contributed by atoms with Crippen LogP contribution in [0.25, 0.3) is 0 Å². The van der Waals surface area contributed by atoms with Crippen LogP contribution in [-0.2, 0) is 6.54 Å². The van der Waals surface area contributed by atoms with Crippen LogP contribution in [0.15, 0.2) is 34.9 Å². The van der Waals surface area contributed by atoms with E-state index >= 15 is 0 Å². The zero-order valence-electron chi connectivity index (χ0n) is 9.64. The van der Waals surface area contributed by atoms with Crippen molar-refractivity contribution in [2.75, 3.05) is 5.32 Å². The van der Waals surface area contributed by atoms with Crippen LogP contribution in [-0.4, -0.2) is 4.92 Å². The van der Waals surface area contributed by atoms with Gasteiger partial charge in [-0.25, -0.2) is 0 Å². The normalized spacial score (nSPS) is 10.3. The molecule has 0 atom stereocenters. The van der Waals surface area contributed by atoms with E-state index in [9.17, 15) is 10.1 Å². The first-order chi connectivity index (χ1) is 8.58. The van der Waals surface area contributed by atoms with Gasteiger partial charge in [0.05, 0.1) is 17.7 Å². The second-order valence-corrected chi connectivity index (χ2v) is 4.22. The monoisotopic (exact) mass is 266 g/mol. The van der Waals surface area contributed by atoms with Crippen molar-refractivity contribution in [2.45, 2.75) is 13.5 Å². The van der Waals surface area contributed by atoms with Crippen molar-refractivity contribution < 1.29 is 9.34 Å². The molecule has 0 saturated carbocycles. The molecule has 0 aliphatic carbocycles. The molecule has 0 amide bonds. The van der Waals surface area contributed by atoms with Gasteiger partial charge >= 0.3 is 0 Å². The molecule has 1 aromatic carbocycles. The van der Waals surface area contributed by atoms with Crippen LogP contribution in [0.1, 0.15) is 11.3 Å². The highest BCUT2D eigenvalue weighted by Crippen LogP contribution is 2.30. The predicted octanol–water partition coefficient (Wildman–Crippen LogP) is 3.76. The molecule has 0 spiro atoms. The number of nitro groups is 1. The van der Waals surface area contributed by atoms with Crippen LogP contribution in [0.4, 0.5) is 11.4 Å². The van der Waals surface area contributed by atoms with E-state index in [4.69, 9.17) is 16.0 Å². The summed E-state index contributed by atoms with van der Waals surface area (Å²) in [6.07, 6.45) is 1.59. The Balaban J connectivity index is 2.19. The third kappa shape index (κ3) is 2.62. The van der Waals surface area contributed by atoms with Gasteiger partial charge in [-0.15, -0.1) is 0 Å². The maximum atomic E-state index is 10.7. The standard InChI is InChI=1S/C12H11ClN2O3/c1-8-5-12(15(16)17)10(13)6-11(8)14-7-9-3-2-4-18-9/h2-6,14H,7H2,1H3. The van der Waals surface area contributed by atoms with Crippen LogP contribution in [0, 0.1) is 17.0 Å². The van der Waals surface area contributed by atoms with Crippen LogP contribution in [0.2, 0.25) is 5.02 Å². The second-order valence-electron chi connectivity index (χ2n) is 3.81. The number of rotatable bonds is 4. The smallest absolute Gasteiger partial charge is 0.288 e. The van der Waals surface area contributed by atoms with E-state index in [-0.39, 0.29) is 10.7 Å². The lowest BCUT2D eigenvalue weighted by atomic mass is 10.1. The number of benzene rings is 1. The highest BCUT2D eigenvalue weighted by Gasteiger charge is 2.14.